The van der Waals surface area contributed by atoms with E-state index in [0.29, 0.717) is 5.56 Å². The van der Waals surface area contributed by atoms with Gasteiger partial charge in [0.2, 0.25) is 0 Å². The third-order valence-electron chi connectivity index (χ3n) is 3.35. The van der Waals surface area contributed by atoms with Crippen molar-refractivity contribution >= 4 is 11.9 Å². The van der Waals surface area contributed by atoms with Crippen LogP contribution in [0.25, 0.3) is 0 Å². The number of aryl methyl sites for hydroxylation is 2. The van der Waals surface area contributed by atoms with Crippen molar-refractivity contribution in [1.29, 1.82) is 0 Å². The maximum atomic E-state index is 12.4. The number of hydrogen-bond acceptors (Lipinski definition) is 4. The molecule has 1 amide bonds. The molecule has 0 saturated carbocycles. The maximum Gasteiger partial charge on any atom is 0.305 e. The van der Waals surface area contributed by atoms with Crippen molar-refractivity contribution in [2.45, 2.75) is 32.7 Å². The van der Waals surface area contributed by atoms with Gasteiger partial charge in [-0.15, -0.1) is 0 Å². The van der Waals surface area contributed by atoms with E-state index < -0.39 is 11.5 Å². The van der Waals surface area contributed by atoms with Gasteiger partial charge in [-0.2, -0.15) is 0 Å². The highest BCUT2D eigenvalue weighted by molar-refractivity contribution is 5.95. The van der Waals surface area contributed by atoms with Gasteiger partial charge in [0, 0.05) is 12.7 Å². The van der Waals surface area contributed by atoms with E-state index >= 15 is 0 Å². The first-order chi connectivity index (χ1) is 10.2. The molecule has 1 aromatic rings. The first-order valence-electron chi connectivity index (χ1n) is 6.91. The minimum Gasteiger partial charge on any atom is -0.496 e. The van der Waals surface area contributed by atoms with Gasteiger partial charge in [0.1, 0.15) is 5.75 Å². The minimum atomic E-state index is -0.998. The number of nitrogens with one attached hydrogen (secondary N) is 1. The van der Waals surface area contributed by atoms with E-state index in [1.807, 2.05) is 13.8 Å². The first-order valence-corrected chi connectivity index (χ1v) is 6.91. The third kappa shape index (κ3) is 4.46. The number of aliphatic carboxylic acids is 1. The molecule has 0 fully saturated rings. The van der Waals surface area contributed by atoms with E-state index in [-0.39, 0.29) is 18.9 Å². The third-order valence-corrected chi connectivity index (χ3v) is 3.35. The molecular formula is C16H23NO5. The number of hydrogen-bond donors (Lipinski definition) is 2. The van der Waals surface area contributed by atoms with Gasteiger partial charge in [-0.3, -0.25) is 9.59 Å². The van der Waals surface area contributed by atoms with Crippen molar-refractivity contribution in [3.63, 3.8) is 0 Å². The Balaban J connectivity index is 3.02. The zero-order chi connectivity index (χ0) is 16.9. The number of carboxylic acids is 1. The van der Waals surface area contributed by atoms with Gasteiger partial charge in [0.15, 0.2) is 0 Å². The lowest BCUT2D eigenvalue weighted by Gasteiger charge is -2.28. The predicted octanol–water partition coefficient (Wildman–Crippen LogP) is 1.92. The molecular weight excluding hydrogens is 286 g/mol. The number of amides is 1. The molecule has 0 spiro atoms. The second-order valence-electron chi connectivity index (χ2n) is 5.66. The van der Waals surface area contributed by atoms with Crippen molar-refractivity contribution in [3.8, 4) is 5.75 Å². The smallest absolute Gasteiger partial charge is 0.305 e. The molecule has 0 saturated heterocycles. The standard InChI is InChI=1S/C16H23NO5/c1-10-6-12(7-11(2)14(10)22-5)15(20)17-16(3,9-21-4)8-13(18)19/h6-7H,8-9H2,1-5H3,(H,17,20)(H,18,19). The molecule has 6 heteroatoms. The molecule has 22 heavy (non-hydrogen) atoms. The minimum absolute atomic E-state index is 0.110. The number of ether oxygens (including phenoxy) is 2. The Morgan fingerprint density at radius 1 is 1.23 bits per heavy atom. The van der Waals surface area contributed by atoms with E-state index in [9.17, 15) is 9.59 Å². The van der Waals surface area contributed by atoms with Crippen molar-refractivity contribution < 1.29 is 24.2 Å². The van der Waals surface area contributed by atoms with Crippen LogP contribution in [0.5, 0.6) is 5.75 Å². The Hall–Kier alpha value is -2.08. The van der Waals surface area contributed by atoms with Crippen LogP contribution in [0.1, 0.15) is 34.8 Å². The second-order valence-corrected chi connectivity index (χ2v) is 5.66. The molecule has 0 aliphatic heterocycles. The summed E-state index contributed by atoms with van der Waals surface area (Å²) < 4.78 is 10.3. The predicted molar refractivity (Wildman–Crippen MR) is 82.5 cm³/mol. The molecule has 1 unspecified atom stereocenters. The Kier molecular flexibility index (Phi) is 5.93. The largest absolute Gasteiger partial charge is 0.496 e. The zero-order valence-corrected chi connectivity index (χ0v) is 13.6. The average Bonchev–Trinajstić information content (AvgIpc) is 2.36. The van der Waals surface area contributed by atoms with Gasteiger partial charge in [-0.1, -0.05) is 0 Å². The van der Waals surface area contributed by atoms with Crippen LogP contribution in [0.15, 0.2) is 12.1 Å². The van der Waals surface area contributed by atoms with E-state index in [2.05, 4.69) is 5.32 Å². The SMILES string of the molecule is COCC(C)(CC(=O)O)NC(=O)c1cc(C)c(OC)c(C)c1. The summed E-state index contributed by atoms with van der Waals surface area (Å²) in [6, 6.07) is 3.43. The molecule has 0 aliphatic carbocycles. The molecule has 1 atom stereocenters. The molecule has 6 nitrogen and oxygen atoms in total. The molecule has 0 aliphatic rings. The van der Waals surface area contributed by atoms with Crippen LogP contribution in [-0.4, -0.2) is 43.3 Å². The van der Waals surface area contributed by atoms with Crippen molar-refractivity contribution in [3.05, 3.63) is 28.8 Å². The topological polar surface area (TPSA) is 84.9 Å². The molecule has 0 bridgehead atoms. The molecule has 0 radical (unpaired) electrons. The van der Waals surface area contributed by atoms with Crippen LogP contribution >= 0.6 is 0 Å². The average molecular weight is 309 g/mol. The molecule has 1 aromatic carbocycles. The summed E-state index contributed by atoms with van der Waals surface area (Å²) >= 11 is 0. The fourth-order valence-corrected chi connectivity index (χ4v) is 2.53. The first kappa shape index (κ1) is 18.0. The van der Waals surface area contributed by atoms with E-state index in [1.54, 1.807) is 26.2 Å². The summed E-state index contributed by atoms with van der Waals surface area (Å²) in [6.45, 7) is 5.47. The number of carbonyl (C=O) groups excluding carboxylic acids is 1. The molecule has 1 rings (SSSR count). The lowest BCUT2D eigenvalue weighted by atomic mass is 9.97. The van der Waals surface area contributed by atoms with Crippen LogP contribution in [0.3, 0.4) is 0 Å². The van der Waals surface area contributed by atoms with Gasteiger partial charge in [0.05, 0.1) is 25.7 Å². The van der Waals surface area contributed by atoms with Crippen LogP contribution in [-0.2, 0) is 9.53 Å². The van der Waals surface area contributed by atoms with Crippen LogP contribution in [0, 0.1) is 13.8 Å². The second kappa shape index (κ2) is 7.26. The van der Waals surface area contributed by atoms with Gasteiger partial charge in [-0.25, -0.2) is 0 Å². The number of methoxy groups -OCH3 is 2. The van der Waals surface area contributed by atoms with Crippen molar-refractivity contribution in [2.75, 3.05) is 20.8 Å². The molecule has 0 aromatic heterocycles. The quantitative estimate of drug-likeness (QED) is 0.804. The lowest BCUT2D eigenvalue weighted by molar-refractivity contribution is -0.139. The molecule has 122 valence electrons. The molecule has 0 heterocycles. The maximum absolute atomic E-state index is 12.4. The van der Waals surface area contributed by atoms with Crippen LogP contribution in [0.2, 0.25) is 0 Å². The van der Waals surface area contributed by atoms with Crippen LogP contribution in [0.4, 0.5) is 0 Å². The zero-order valence-electron chi connectivity index (χ0n) is 13.6. The highest BCUT2D eigenvalue weighted by Gasteiger charge is 2.30. The van der Waals surface area contributed by atoms with Crippen LogP contribution < -0.4 is 10.1 Å². The summed E-state index contributed by atoms with van der Waals surface area (Å²) in [7, 11) is 3.05. The molecule has 2 N–H and O–H groups in total. The summed E-state index contributed by atoms with van der Waals surface area (Å²) in [5, 5.41) is 11.7. The summed E-state index contributed by atoms with van der Waals surface area (Å²) in [5.41, 5.74) is 1.18. The van der Waals surface area contributed by atoms with Crippen molar-refractivity contribution in [2.24, 2.45) is 0 Å². The van der Waals surface area contributed by atoms with Crippen molar-refractivity contribution in [1.82, 2.24) is 5.32 Å². The normalized spacial score (nSPS) is 13.3. The lowest BCUT2D eigenvalue weighted by Crippen LogP contribution is -2.50. The van der Waals surface area contributed by atoms with E-state index in [4.69, 9.17) is 14.6 Å². The van der Waals surface area contributed by atoms with Gasteiger partial charge < -0.3 is 19.9 Å². The Bertz CT molecular complexity index is 547. The summed E-state index contributed by atoms with van der Waals surface area (Å²) in [5.74, 6) is -0.599. The van der Waals surface area contributed by atoms with Gasteiger partial charge >= 0.3 is 5.97 Å². The van der Waals surface area contributed by atoms with E-state index in [0.717, 1.165) is 16.9 Å². The number of rotatable bonds is 7. The van der Waals surface area contributed by atoms with Gasteiger partial charge in [-0.05, 0) is 44.0 Å². The van der Waals surface area contributed by atoms with E-state index in [1.165, 1.54) is 7.11 Å². The fraction of sp³-hybridized carbons (Fsp3) is 0.500. The monoisotopic (exact) mass is 309 g/mol. The number of benzene rings is 1. The number of carbonyl (C=O) groups is 2. The summed E-state index contributed by atoms with van der Waals surface area (Å²) in [4.78, 5) is 23.4. The Labute approximate surface area is 130 Å². The highest BCUT2D eigenvalue weighted by Crippen LogP contribution is 2.24. The highest BCUT2D eigenvalue weighted by atomic mass is 16.5. The number of carboxylic acid groups (broad SMARTS) is 1. The fourth-order valence-electron chi connectivity index (χ4n) is 2.53. The van der Waals surface area contributed by atoms with Gasteiger partial charge in [0.25, 0.3) is 5.91 Å². The summed E-state index contributed by atoms with van der Waals surface area (Å²) in [6.07, 6.45) is -0.222. The Morgan fingerprint density at radius 2 is 1.77 bits per heavy atom. The Morgan fingerprint density at radius 3 is 2.18 bits per heavy atom.